The lowest BCUT2D eigenvalue weighted by Gasteiger charge is -2.29. The Morgan fingerprint density at radius 1 is 0.971 bits per heavy atom. The summed E-state index contributed by atoms with van der Waals surface area (Å²) in [6.45, 7) is 5.07. The minimum atomic E-state index is -0.405. The molecule has 1 aliphatic heterocycles. The number of nitrogens with one attached hydrogen (secondary N) is 2. The van der Waals surface area contributed by atoms with Crippen LogP contribution < -0.4 is 10.6 Å². The van der Waals surface area contributed by atoms with E-state index in [4.69, 9.17) is 34.8 Å². The second-order valence-corrected chi connectivity index (χ2v) is 10.6. The van der Waals surface area contributed by atoms with Gasteiger partial charge in [0.2, 0.25) is 0 Å². The van der Waals surface area contributed by atoms with Gasteiger partial charge in [-0.1, -0.05) is 41.7 Å². The molecule has 1 aliphatic rings. The number of hydrogen-bond acceptors (Lipinski definition) is 4. The van der Waals surface area contributed by atoms with Crippen molar-refractivity contribution < 1.29 is 9.59 Å². The van der Waals surface area contributed by atoms with E-state index in [1.807, 2.05) is 5.38 Å². The van der Waals surface area contributed by atoms with Crippen molar-refractivity contribution in [2.24, 2.45) is 5.92 Å². The van der Waals surface area contributed by atoms with Gasteiger partial charge in [0.1, 0.15) is 4.88 Å². The number of carbonyl (C=O) groups is 2. The lowest BCUT2D eigenvalue weighted by Crippen LogP contribution is -2.32. The van der Waals surface area contributed by atoms with Crippen LogP contribution in [0.3, 0.4) is 0 Å². The summed E-state index contributed by atoms with van der Waals surface area (Å²) < 4.78 is 0. The Bertz CT molecular complexity index is 1190. The minimum Gasteiger partial charge on any atom is -0.322 e. The minimum absolute atomic E-state index is 0.242. The Hall–Kier alpha value is -2.09. The maximum atomic E-state index is 13.1. The number of anilines is 2. The monoisotopic (exact) mass is 535 g/mol. The van der Waals surface area contributed by atoms with Gasteiger partial charge in [0, 0.05) is 22.3 Å². The molecule has 1 saturated heterocycles. The van der Waals surface area contributed by atoms with Gasteiger partial charge in [-0.15, -0.1) is 11.3 Å². The van der Waals surface area contributed by atoms with Crippen LogP contribution in [0.1, 0.15) is 45.4 Å². The van der Waals surface area contributed by atoms with Crippen molar-refractivity contribution in [1.82, 2.24) is 4.90 Å². The SMILES string of the molecule is CC1CCN(Cc2csc(C(=O)Nc3ccc(Cl)cc3C(=O)Nc3ccc(Cl)cc3)c2Cl)CC1. The molecule has 3 aromatic rings. The van der Waals surface area contributed by atoms with E-state index in [1.165, 1.54) is 30.2 Å². The van der Waals surface area contributed by atoms with Crippen molar-refractivity contribution in [3.8, 4) is 0 Å². The first kappa shape index (κ1) is 25.0. The molecule has 4 rings (SSSR count). The number of carbonyl (C=O) groups excluding carboxylic acids is 2. The highest BCUT2D eigenvalue weighted by Crippen LogP contribution is 2.32. The molecule has 0 radical (unpaired) electrons. The molecule has 178 valence electrons. The highest BCUT2D eigenvalue weighted by Gasteiger charge is 2.22. The Balaban J connectivity index is 1.48. The molecular weight excluding hydrogens is 513 g/mol. The second-order valence-electron chi connectivity index (χ2n) is 8.47. The Morgan fingerprint density at radius 3 is 2.35 bits per heavy atom. The highest BCUT2D eigenvalue weighted by molar-refractivity contribution is 7.13. The number of rotatable bonds is 6. The van der Waals surface area contributed by atoms with Gasteiger partial charge >= 0.3 is 0 Å². The van der Waals surface area contributed by atoms with Crippen LogP contribution in [-0.4, -0.2) is 29.8 Å². The number of amides is 2. The maximum Gasteiger partial charge on any atom is 0.267 e. The van der Waals surface area contributed by atoms with Gasteiger partial charge in [0.25, 0.3) is 11.8 Å². The van der Waals surface area contributed by atoms with Gasteiger partial charge in [-0.25, -0.2) is 0 Å². The van der Waals surface area contributed by atoms with Crippen LogP contribution in [0, 0.1) is 5.92 Å². The first-order valence-electron chi connectivity index (χ1n) is 11.0. The molecule has 2 aromatic carbocycles. The molecule has 1 fully saturated rings. The van der Waals surface area contributed by atoms with Crippen LogP contribution in [0.2, 0.25) is 15.1 Å². The summed E-state index contributed by atoms with van der Waals surface area (Å²) in [6, 6.07) is 11.5. The fourth-order valence-electron chi connectivity index (χ4n) is 3.82. The standard InChI is InChI=1S/C25H24Cl3N3O2S/c1-15-8-10-31(11-9-15)13-16-14-34-23(22(16)28)25(33)30-21-7-4-18(27)12-20(21)24(32)29-19-5-2-17(26)3-6-19/h2-7,12,14-15H,8-11,13H2,1H3,(H,29,32)(H,30,33). The van der Waals surface area contributed by atoms with E-state index in [1.54, 1.807) is 36.4 Å². The Labute approximate surface area is 218 Å². The lowest BCUT2D eigenvalue weighted by molar-refractivity contribution is 0.102. The molecule has 34 heavy (non-hydrogen) atoms. The zero-order valence-electron chi connectivity index (χ0n) is 18.5. The number of halogens is 3. The fourth-order valence-corrected chi connectivity index (χ4v) is 5.37. The van der Waals surface area contributed by atoms with E-state index in [0.717, 1.165) is 31.1 Å². The Morgan fingerprint density at radius 2 is 1.65 bits per heavy atom. The van der Waals surface area contributed by atoms with Crippen molar-refractivity contribution in [3.63, 3.8) is 0 Å². The van der Waals surface area contributed by atoms with E-state index >= 15 is 0 Å². The molecule has 2 heterocycles. The molecule has 2 amide bonds. The number of piperidine rings is 1. The number of hydrogen-bond donors (Lipinski definition) is 2. The zero-order valence-corrected chi connectivity index (χ0v) is 21.6. The van der Waals surface area contributed by atoms with Crippen molar-refractivity contribution in [2.75, 3.05) is 23.7 Å². The first-order chi connectivity index (χ1) is 16.3. The number of benzene rings is 2. The summed E-state index contributed by atoms with van der Waals surface area (Å²) in [5, 5.41) is 8.96. The third-order valence-corrected chi connectivity index (χ3v) is 7.91. The van der Waals surface area contributed by atoms with Crippen LogP contribution in [0.15, 0.2) is 47.8 Å². The molecule has 0 aliphatic carbocycles. The van der Waals surface area contributed by atoms with Gasteiger partial charge in [-0.3, -0.25) is 14.5 Å². The molecule has 0 unspecified atom stereocenters. The number of likely N-dealkylation sites (tertiary alicyclic amines) is 1. The van der Waals surface area contributed by atoms with Gasteiger partial charge in [0.15, 0.2) is 0 Å². The summed E-state index contributed by atoms with van der Waals surface area (Å²) in [4.78, 5) is 28.8. The van der Waals surface area contributed by atoms with Gasteiger partial charge in [-0.05, 0) is 85.3 Å². The molecule has 0 bridgehead atoms. The smallest absolute Gasteiger partial charge is 0.267 e. The molecule has 0 saturated carbocycles. The molecular formula is C25H24Cl3N3O2S. The summed E-state index contributed by atoms with van der Waals surface area (Å²) in [7, 11) is 0. The van der Waals surface area contributed by atoms with Crippen molar-refractivity contribution in [3.05, 3.63) is 78.9 Å². The molecule has 2 N–H and O–H groups in total. The number of nitrogens with zero attached hydrogens (tertiary/aromatic N) is 1. The van der Waals surface area contributed by atoms with Crippen molar-refractivity contribution >= 4 is 69.3 Å². The van der Waals surface area contributed by atoms with E-state index in [-0.39, 0.29) is 11.5 Å². The van der Waals surface area contributed by atoms with Crippen LogP contribution in [-0.2, 0) is 6.54 Å². The average molecular weight is 537 g/mol. The van der Waals surface area contributed by atoms with E-state index in [9.17, 15) is 9.59 Å². The summed E-state index contributed by atoms with van der Waals surface area (Å²) in [5.74, 6) is -0.0187. The molecule has 5 nitrogen and oxygen atoms in total. The predicted octanol–water partition coefficient (Wildman–Crippen LogP) is 7.44. The third kappa shape index (κ3) is 6.12. The largest absolute Gasteiger partial charge is 0.322 e. The average Bonchev–Trinajstić information content (AvgIpc) is 3.18. The summed E-state index contributed by atoms with van der Waals surface area (Å²) >= 11 is 19.9. The second kappa shape index (κ2) is 11.1. The predicted molar refractivity (Wildman–Crippen MR) is 142 cm³/mol. The normalized spacial score (nSPS) is 14.7. The Kier molecular flexibility index (Phi) is 8.17. The zero-order chi connectivity index (χ0) is 24.2. The lowest BCUT2D eigenvalue weighted by atomic mass is 9.99. The van der Waals surface area contributed by atoms with E-state index in [2.05, 4.69) is 22.5 Å². The van der Waals surface area contributed by atoms with Crippen molar-refractivity contribution in [1.29, 1.82) is 0 Å². The van der Waals surface area contributed by atoms with Gasteiger partial charge < -0.3 is 10.6 Å². The molecule has 0 spiro atoms. The molecule has 9 heteroatoms. The van der Waals surface area contributed by atoms with Crippen LogP contribution in [0.25, 0.3) is 0 Å². The molecule has 0 atom stereocenters. The van der Waals surface area contributed by atoms with Gasteiger partial charge in [-0.2, -0.15) is 0 Å². The maximum absolute atomic E-state index is 13.1. The van der Waals surface area contributed by atoms with Crippen LogP contribution >= 0.6 is 46.1 Å². The first-order valence-corrected chi connectivity index (χ1v) is 13.0. The topological polar surface area (TPSA) is 61.4 Å². The quantitative estimate of drug-likeness (QED) is 0.344. The molecule has 1 aromatic heterocycles. The number of thiophene rings is 1. The van der Waals surface area contributed by atoms with Crippen LogP contribution in [0.5, 0.6) is 0 Å². The summed E-state index contributed by atoms with van der Waals surface area (Å²) in [5.41, 5.74) is 2.11. The fraction of sp³-hybridized carbons (Fsp3) is 0.280. The van der Waals surface area contributed by atoms with Crippen molar-refractivity contribution in [2.45, 2.75) is 26.3 Å². The third-order valence-electron chi connectivity index (χ3n) is 5.85. The summed E-state index contributed by atoms with van der Waals surface area (Å²) in [6.07, 6.45) is 2.35. The van der Waals surface area contributed by atoms with Crippen LogP contribution in [0.4, 0.5) is 11.4 Å². The highest BCUT2D eigenvalue weighted by atomic mass is 35.5. The van der Waals surface area contributed by atoms with E-state index in [0.29, 0.717) is 31.3 Å². The van der Waals surface area contributed by atoms with Gasteiger partial charge in [0.05, 0.1) is 16.3 Å². The van der Waals surface area contributed by atoms with E-state index < -0.39 is 5.91 Å².